The van der Waals surface area contributed by atoms with Gasteiger partial charge in [-0.25, -0.2) is 0 Å². The summed E-state index contributed by atoms with van der Waals surface area (Å²) in [4.78, 5) is 14.8. The zero-order chi connectivity index (χ0) is 62.7. The van der Waals surface area contributed by atoms with Crippen LogP contribution in [0.1, 0.15) is 113 Å². The van der Waals surface area contributed by atoms with Gasteiger partial charge in [0.25, 0.3) is 0 Å². The first-order chi connectivity index (χ1) is 40.4. The molecule has 5 aliphatic carbocycles. The number of aliphatic hydroxyl groups excluding tert-OH is 16. The molecule has 5 aliphatic heterocycles. The number of hydrogen-bond acceptors (Lipinski definition) is 27. The van der Waals surface area contributed by atoms with Crippen LogP contribution in [-0.4, -0.2) is 274 Å². The highest BCUT2D eigenvalue weighted by molar-refractivity contribution is 5.79. The zero-order valence-electron chi connectivity index (χ0n) is 50.0. The lowest BCUT2D eigenvalue weighted by Gasteiger charge is -2.71. The molecule has 5 saturated heterocycles. The topological polar surface area (TPSA) is 433 Å². The average Bonchev–Trinajstić information content (AvgIpc) is 0.693. The SMILES string of the molecule is CC1OC(OC2C(OC3CCC4(C)C(CCC5(C)C4CC=C4C6CC(C)(C)CCC6(C(=O)OC6OC(CO)C(O)C(O)C6O)CCC45C)C3(C)CO)OCC(O)C2O)C(O)C(OC2OC(CO)C(OC3OC(CO)C(O)C(O)C3O)C(O)C2O)C1O. The largest absolute Gasteiger partial charge is 0.432 e. The highest BCUT2D eigenvalue weighted by atomic mass is 16.8. The van der Waals surface area contributed by atoms with Gasteiger partial charge in [0, 0.05) is 5.41 Å². The molecule has 0 bridgehead atoms. The van der Waals surface area contributed by atoms with Crippen molar-refractivity contribution in [3.05, 3.63) is 11.6 Å². The van der Waals surface area contributed by atoms with Crippen molar-refractivity contribution < 1.29 is 134 Å². The summed E-state index contributed by atoms with van der Waals surface area (Å²) in [5.74, 6) is -0.759. The monoisotopic (exact) mass is 1240 g/mol. The predicted octanol–water partition coefficient (Wildman–Crippen LogP) is -3.57. The van der Waals surface area contributed by atoms with E-state index >= 15 is 0 Å². The van der Waals surface area contributed by atoms with E-state index in [1.54, 1.807) is 0 Å². The van der Waals surface area contributed by atoms with E-state index in [0.717, 1.165) is 12.8 Å². The fraction of sp³-hybridized carbons (Fsp3) is 0.949. The lowest BCUT2D eigenvalue weighted by Crippen LogP contribution is -2.67. The molecule has 0 aromatic heterocycles. The van der Waals surface area contributed by atoms with E-state index in [1.807, 2.05) is 6.92 Å². The van der Waals surface area contributed by atoms with E-state index in [-0.39, 0.29) is 52.6 Å². The van der Waals surface area contributed by atoms with Crippen LogP contribution in [0.15, 0.2) is 11.6 Å². The number of carbonyl (C=O) groups is 1. The van der Waals surface area contributed by atoms with Crippen LogP contribution in [0.25, 0.3) is 0 Å². The molecular weight excluding hydrogens is 1140 g/mol. The molecule has 27 nitrogen and oxygen atoms in total. The fourth-order valence-electron chi connectivity index (χ4n) is 17.7. The summed E-state index contributed by atoms with van der Waals surface area (Å²) in [7, 11) is 0. The number of ether oxygens (including phenoxy) is 10. The van der Waals surface area contributed by atoms with Gasteiger partial charge in [-0.3, -0.25) is 4.79 Å². The van der Waals surface area contributed by atoms with Crippen LogP contribution >= 0.6 is 0 Å². The Hall–Kier alpha value is -1.79. The van der Waals surface area contributed by atoms with Gasteiger partial charge in [-0.1, -0.05) is 53.2 Å². The first kappa shape index (κ1) is 67.1. The number of allylic oxidation sites excluding steroid dienone is 2. The second kappa shape index (κ2) is 24.9. The van der Waals surface area contributed by atoms with E-state index in [0.29, 0.717) is 51.4 Å². The van der Waals surface area contributed by atoms with E-state index in [2.05, 4.69) is 40.7 Å². The van der Waals surface area contributed by atoms with Gasteiger partial charge in [-0.15, -0.1) is 0 Å². The Morgan fingerprint density at radius 2 is 1.09 bits per heavy atom. The molecule has 86 heavy (non-hydrogen) atoms. The molecule has 0 spiro atoms. The van der Waals surface area contributed by atoms with E-state index in [4.69, 9.17) is 47.4 Å². The molecule has 5 heterocycles. The summed E-state index contributed by atoms with van der Waals surface area (Å²) in [6, 6.07) is 0. The van der Waals surface area contributed by atoms with Crippen molar-refractivity contribution in [3.8, 4) is 0 Å². The van der Waals surface area contributed by atoms with Crippen molar-refractivity contribution in [3.63, 3.8) is 0 Å². The van der Waals surface area contributed by atoms with Gasteiger partial charge in [0.1, 0.15) is 110 Å². The van der Waals surface area contributed by atoms with Crippen LogP contribution in [0.3, 0.4) is 0 Å². The van der Waals surface area contributed by atoms with Crippen molar-refractivity contribution in [2.24, 2.45) is 50.2 Å². The zero-order valence-corrected chi connectivity index (χ0v) is 50.0. The number of esters is 1. The Bertz CT molecular complexity index is 2380. The number of carbonyl (C=O) groups excluding carboxylic acids is 1. The molecule has 0 radical (unpaired) electrons. The van der Waals surface area contributed by atoms with Crippen molar-refractivity contribution in [1.29, 1.82) is 0 Å². The number of aliphatic hydroxyl groups is 16. The van der Waals surface area contributed by atoms with E-state index < -0.39 is 190 Å². The van der Waals surface area contributed by atoms with Gasteiger partial charge in [-0.2, -0.15) is 0 Å². The van der Waals surface area contributed by atoms with E-state index in [9.17, 15) is 86.5 Å². The van der Waals surface area contributed by atoms with Gasteiger partial charge in [-0.05, 0) is 111 Å². The third-order valence-electron chi connectivity index (χ3n) is 23.3. The van der Waals surface area contributed by atoms with Crippen LogP contribution in [-0.2, 0) is 52.2 Å². The van der Waals surface area contributed by atoms with Gasteiger partial charge < -0.3 is 129 Å². The summed E-state index contributed by atoms with van der Waals surface area (Å²) >= 11 is 0. The predicted molar refractivity (Wildman–Crippen MR) is 289 cm³/mol. The van der Waals surface area contributed by atoms with Crippen LogP contribution in [0.2, 0.25) is 0 Å². The van der Waals surface area contributed by atoms with Crippen LogP contribution in [0.4, 0.5) is 0 Å². The lowest BCUT2D eigenvalue weighted by atomic mass is 9.33. The minimum absolute atomic E-state index is 0.111. The Labute approximate surface area is 499 Å². The molecule has 0 amide bonds. The van der Waals surface area contributed by atoms with Crippen LogP contribution in [0.5, 0.6) is 0 Å². The normalized spacial score (nSPS) is 54.8. The second-order valence-electron chi connectivity index (χ2n) is 28.5. The number of hydrogen-bond donors (Lipinski definition) is 16. The third kappa shape index (κ3) is 11.1. The standard InChI is InChI=1S/C59H96O27/c1-24-34(65)46(84-49-43(74)40(71)45(30(21-62)81-49)83-48-41(72)38(69)36(67)28(19-60)79-48)44(75)51(78-24)85-47-35(66)27(64)22-77-52(47)82-33-11-12-55(4)31(56(33,5)23-63)10-13-58(7)32(55)9-8-25-26-18-54(2,3)14-16-59(26,17-15-57(25,58)6)53(76)86-50-42(73)39(70)37(68)29(20-61)80-50/h8,24,26-52,60-75H,9-23H2,1-7H3. The average molecular weight is 1240 g/mol. The second-order valence-corrected chi connectivity index (χ2v) is 28.5. The maximum atomic E-state index is 14.8. The molecule has 27 heteroatoms. The van der Waals surface area contributed by atoms with Crippen molar-refractivity contribution in [2.45, 2.75) is 266 Å². The first-order valence-corrected chi connectivity index (χ1v) is 30.8. The lowest BCUT2D eigenvalue weighted by molar-refractivity contribution is -0.390. The molecule has 33 atom stereocenters. The van der Waals surface area contributed by atoms with E-state index in [1.165, 1.54) is 12.5 Å². The summed E-state index contributed by atoms with van der Waals surface area (Å²) in [6.45, 7) is 11.8. The van der Waals surface area contributed by atoms with Crippen LogP contribution in [0, 0.1) is 50.2 Å². The van der Waals surface area contributed by atoms with Gasteiger partial charge >= 0.3 is 5.97 Å². The van der Waals surface area contributed by atoms with Crippen molar-refractivity contribution >= 4 is 5.97 Å². The molecule has 0 aromatic rings. The summed E-state index contributed by atoms with van der Waals surface area (Å²) in [6.07, 6.45) is -32.1. The maximum absolute atomic E-state index is 14.8. The molecule has 494 valence electrons. The van der Waals surface area contributed by atoms with Crippen molar-refractivity contribution in [2.75, 3.05) is 33.0 Å². The Morgan fingerprint density at radius 3 is 1.72 bits per heavy atom. The molecule has 33 unspecified atom stereocenters. The van der Waals surface area contributed by atoms with Crippen molar-refractivity contribution in [1.82, 2.24) is 0 Å². The third-order valence-corrected chi connectivity index (χ3v) is 23.3. The Morgan fingerprint density at radius 1 is 0.535 bits per heavy atom. The Kier molecular flexibility index (Phi) is 19.4. The fourth-order valence-corrected chi connectivity index (χ4v) is 17.7. The molecule has 4 saturated carbocycles. The Balaban J connectivity index is 0.838. The van der Waals surface area contributed by atoms with Gasteiger partial charge in [0.2, 0.25) is 6.29 Å². The highest BCUT2D eigenvalue weighted by Gasteiger charge is 2.71. The van der Waals surface area contributed by atoms with Crippen LogP contribution < -0.4 is 0 Å². The molecule has 0 aromatic carbocycles. The smallest absolute Gasteiger partial charge is 0.315 e. The maximum Gasteiger partial charge on any atom is 0.315 e. The molecular formula is C59H96O27. The molecule has 16 N–H and O–H groups in total. The summed E-state index contributed by atoms with van der Waals surface area (Å²) in [5.41, 5.74) is -1.80. The minimum Gasteiger partial charge on any atom is -0.432 e. The van der Waals surface area contributed by atoms with Gasteiger partial charge in [0.05, 0.1) is 50.7 Å². The summed E-state index contributed by atoms with van der Waals surface area (Å²) in [5, 5.41) is 173. The number of rotatable bonds is 14. The molecule has 10 rings (SSSR count). The molecule has 10 aliphatic rings. The quantitative estimate of drug-likeness (QED) is 0.0454. The highest BCUT2D eigenvalue weighted by Crippen LogP contribution is 2.76. The summed E-state index contributed by atoms with van der Waals surface area (Å²) < 4.78 is 59.6. The molecule has 9 fully saturated rings. The number of fused-ring (bicyclic) bond motifs is 7. The first-order valence-electron chi connectivity index (χ1n) is 30.8. The minimum atomic E-state index is -2.04. The van der Waals surface area contributed by atoms with Gasteiger partial charge in [0.15, 0.2) is 25.2 Å².